The molecule has 6 nitrogen and oxygen atoms in total. The van der Waals surface area contributed by atoms with Gasteiger partial charge in [-0.15, -0.1) is 0 Å². The molecule has 2 aliphatic rings. The molecular formula is C24H26N2O4. The van der Waals surface area contributed by atoms with E-state index in [4.69, 9.17) is 4.74 Å². The molecule has 0 aliphatic carbocycles. The number of ether oxygens (including phenoxy) is 1. The summed E-state index contributed by atoms with van der Waals surface area (Å²) in [7, 11) is 0. The lowest BCUT2D eigenvalue weighted by Crippen LogP contribution is -2.42. The number of hydrogen-bond donors (Lipinski definition) is 1. The first-order valence-corrected chi connectivity index (χ1v) is 10.3. The van der Waals surface area contributed by atoms with Crippen LogP contribution in [0, 0.1) is 6.92 Å². The molecule has 1 N–H and O–H groups in total. The molecule has 2 aromatic carbocycles. The van der Waals surface area contributed by atoms with Crippen LogP contribution in [0.1, 0.15) is 22.7 Å². The topological polar surface area (TPSA) is 70.1 Å². The number of nitrogens with zero attached hydrogens (tertiary/aromatic N) is 2. The summed E-state index contributed by atoms with van der Waals surface area (Å²) < 4.78 is 5.39. The Labute approximate surface area is 176 Å². The highest BCUT2D eigenvalue weighted by molar-refractivity contribution is 6.46. The maximum absolute atomic E-state index is 13.0. The smallest absolute Gasteiger partial charge is 0.295 e. The summed E-state index contributed by atoms with van der Waals surface area (Å²) in [6.07, 6.45) is 0. The molecule has 2 saturated heterocycles. The largest absolute Gasteiger partial charge is 0.507 e. The van der Waals surface area contributed by atoms with Crippen LogP contribution >= 0.6 is 0 Å². The Kier molecular flexibility index (Phi) is 5.97. The van der Waals surface area contributed by atoms with Gasteiger partial charge in [-0.1, -0.05) is 60.2 Å². The summed E-state index contributed by atoms with van der Waals surface area (Å²) >= 11 is 0. The fraction of sp³-hybridized carbons (Fsp3) is 0.333. The number of carbonyl (C=O) groups is 2. The van der Waals surface area contributed by atoms with E-state index in [2.05, 4.69) is 4.90 Å². The summed E-state index contributed by atoms with van der Waals surface area (Å²) in [5.74, 6) is -1.33. The van der Waals surface area contributed by atoms with Gasteiger partial charge in [0.15, 0.2) is 0 Å². The molecule has 0 unspecified atom stereocenters. The maximum Gasteiger partial charge on any atom is 0.295 e. The molecule has 0 radical (unpaired) electrons. The second-order valence-electron chi connectivity index (χ2n) is 7.72. The van der Waals surface area contributed by atoms with E-state index in [0.717, 1.165) is 24.2 Å². The number of morpholine rings is 1. The van der Waals surface area contributed by atoms with Gasteiger partial charge < -0.3 is 14.7 Å². The Morgan fingerprint density at radius 3 is 2.33 bits per heavy atom. The molecule has 6 heteroatoms. The fourth-order valence-corrected chi connectivity index (χ4v) is 4.03. The predicted octanol–water partition coefficient (Wildman–Crippen LogP) is 2.75. The standard InChI is InChI=1S/C24H26N2O4/c1-17-7-9-18(10-8-17)21-20(22(27)19-5-3-2-4-6-19)23(28)24(29)26(21)12-11-25-13-15-30-16-14-25/h2-10,21,27H,11-16H2,1H3/b22-20+/t21-/m0/s1. The predicted molar refractivity (Wildman–Crippen MR) is 114 cm³/mol. The van der Waals surface area contributed by atoms with Crippen molar-refractivity contribution in [1.82, 2.24) is 9.80 Å². The van der Waals surface area contributed by atoms with Gasteiger partial charge in [0, 0.05) is 31.7 Å². The van der Waals surface area contributed by atoms with Gasteiger partial charge in [0.05, 0.1) is 24.8 Å². The third kappa shape index (κ3) is 4.01. The van der Waals surface area contributed by atoms with Crippen molar-refractivity contribution in [1.29, 1.82) is 0 Å². The van der Waals surface area contributed by atoms with E-state index >= 15 is 0 Å². The van der Waals surface area contributed by atoms with Crippen LogP contribution in [0.25, 0.3) is 5.76 Å². The van der Waals surface area contributed by atoms with Gasteiger partial charge in [-0.05, 0) is 12.5 Å². The quantitative estimate of drug-likeness (QED) is 0.470. The minimum atomic E-state index is -0.635. The molecular weight excluding hydrogens is 380 g/mol. The molecule has 0 aromatic heterocycles. The van der Waals surface area contributed by atoms with E-state index in [0.29, 0.717) is 31.9 Å². The lowest BCUT2D eigenvalue weighted by molar-refractivity contribution is -0.140. The number of aliphatic hydroxyl groups is 1. The molecule has 2 heterocycles. The number of benzene rings is 2. The number of rotatable bonds is 5. The zero-order valence-corrected chi connectivity index (χ0v) is 17.1. The second kappa shape index (κ2) is 8.81. The first-order valence-electron chi connectivity index (χ1n) is 10.3. The SMILES string of the molecule is Cc1ccc([C@H]2/C(=C(\O)c3ccccc3)C(=O)C(=O)N2CCN2CCOCC2)cc1. The monoisotopic (exact) mass is 406 g/mol. The van der Waals surface area contributed by atoms with Crippen molar-refractivity contribution in [2.24, 2.45) is 0 Å². The molecule has 30 heavy (non-hydrogen) atoms. The number of aryl methyl sites for hydroxylation is 1. The van der Waals surface area contributed by atoms with E-state index < -0.39 is 17.7 Å². The molecule has 2 fully saturated rings. The third-order valence-electron chi connectivity index (χ3n) is 5.74. The normalized spacial score (nSPS) is 21.9. The zero-order chi connectivity index (χ0) is 21.1. The highest BCUT2D eigenvalue weighted by atomic mass is 16.5. The Balaban J connectivity index is 1.72. The molecule has 4 rings (SSSR count). The van der Waals surface area contributed by atoms with Crippen molar-refractivity contribution < 1.29 is 19.4 Å². The van der Waals surface area contributed by atoms with Crippen molar-refractivity contribution in [2.45, 2.75) is 13.0 Å². The van der Waals surface area contributed by atoms with Crippen LogP contribution in [0.15, 0.2) is 60.2 Å². The summed E-state index contributed by atoms with van der Waals surface area (Å²) in [5.41, 5.74) is 2.59. The summed E-state index contributed by atoms with van der Waals surface area (Å²) in [4.78, 5) is 29.8. The molecule has 2 aliphatic heterocycles. The Hall–Kier alpha value is -2.96. The number of Topliss-reactive ketones (excluding diaryl/α,β-unsaturated/α-hetero) is 1. The van der Waals surface area contributed by atoms with Crippen LogP contribution < -0.4 is 0 Å². The summed E-state index contributed by atoms with van der Waals surface area (Å²) in [6.45, 7) is 6.02. The van der Waals surface area contributed by atoms with Gasteiger partial charge in [-0.3, -0.25) is 14.5 Å². The van der Waals surface area contributed by atoms with Gasteiger partial charge in [0.25, 0.3) is 11.7 Å². The minimum absolute atomic E-state index is 0.131. The van der Waals surface area contributed by atoms with Gasteiger partial charge >= 0.3 is 0 Å². The second-order valence-corrected chi connectivity index (χ2v) is 7.72. The average molecular weight is 406 g/mol. The highest BCUT2D eigenvalue weighted by Gasteiger charge is 2.45. The van der Waals surface area contributed by atoms with Crippen LogP contribution in [-0.2, 0) is 14.3 Å². The number of amides is 1. The Morgan fingerprint density at radius 1 is 1.00 bits per heavy atom. The lowest BCUT2D eigenvalue weighted by atomic mass is 9.95. The van der Waals surface area contributed by atoms with Crippen molar-refractivity contribution in [3.8, 4) is 0 Å². The molecule has 0 spiro atoms. The number of ketones is 1. The van der Waals surface area contributed by atoms with Crippen LogP contribution in [0.4, 0.5) is 0 Å². The van der Waals surface area contributed by atoms with Crippen molar-refractivity contribution >= 4 is 17.4 Å². The molecule has 0 bridgehead atoms. The van der Waals surface area contributed by atoms with Crippen LogP contribution in [0.2, 0.25) is 0 Å². The number of likely N-dealkylation sites (tertiary alicyclic amines) is 1. The summed E-state index contributed by atoms with van der Waals surface area (Å²) in [6, 6.07) is 16.1. The van der Waals surface area contributed by atoms with Gasteiger partial charge in [0.1, 0.15) is 5.76 Å². The lowest BCUT2D eigenvalue weighted by Gasteiger charge is -2.31. The van der Waals surface area contributed by atoms with Crippen molar-refractivity contribution in [3.05, 3.63) is 76.9 Å². The number of carbonyl (C=O) groups excluding carboxylic acids is 2. The maximum atomic E-state index is 13.0. The van der Waals surface area contributed by atoms with Crippen molar-refractivity contribution in [2.75, 3.05) is 39.4 Å². The third-order valence-corrected chi connectivity index (χ3v) is 5.74. The number of hydrogen-bond acceptors (Lipinski definition) is 5. The Bertz CT molecular complexity index is 947. The first kappa shape index (κ1) is 20.3. The summed E-state index contributed by atoms with van der Waals surface area (Å²) in [5, 5.41) is 11.0. The van der Waals surface area contributed by atoms with E-state index in [1.807, 2.05) is 37.3 Å². The number of aliphatic hydroxyl groups excluding tert-OH is 1. The molecule has 156 valence electrons. The average Bonchev–Trinajstić information content (AvgIpc) is 3.04. The van der Waals surface area contributed by atoms with E-state index in [-0.39, 0.29) is 11.3 Å². The van der Waals surface area contributed by atoms with E-state index in [1.165, 1.54) is 0 Å². The fourth-order valence-electron chi connectivity index (χ4n) is 4.03. The molecule has 1 atom stereocenters. The van der Waals surface area contributed by atoms with Gasteiger partial charge in [0.2, 0.25) is 0 Å². The first-order chi connectivity index (χ1) is 14.6. The van der Waals surface area contributed by atoms with E-state index in [9.17, 15) is 14.7 Å². The van der Waals surface area contributed by atoms with Gasteiger partial charge in [-0.2, -0.15) is 0 Å². The zero-order valence-electron chi connectivity index (χ0n) is 17.1. The van der Waals surface area contributed by atoms with E-state index in [1.54, 1.807) is 29.2 Å². The molecule has 1 amide bonds. The molecule has 0 saturated carbocycles. The Morgan fingerprint density at radius 2 is 1.67 bits per heavy atom. The van der Waals surface area contributed by atoms with Crippen LogP contribution in [0.5, 0.6) is 0 Å². The van der Waals surface area contributed by atoms with Gasteiger partial charge in [-0.25, -0.2) is 0 Å². The minimum Gasteiger partial charge on any atom is -0.507 e. The molecule has 2 aromatic rings. The van der Waals surface area contributed by atoms with Crippen LogP contribution in [0.3, 0.4) is 0 Å². The highest BCUT2D eigenvalue weighted by Crippen LogP contribution is 2.39. The van der Waals surface area contributed by atoms with Crippen molar-refractivity contribution in [3.63, 3.8) is 0 Å². The van der Waals surface area contributed by atoms with Crippen LogP contribution in [-0.4, -0.2) is 66.0 Å².